The van der Waals surface area contributed by atoms with Crippen LogP contribution in [0.2, 0.25) is 0 Å². The number of hydrogen-bond acceptors (Lipinski definition) is 3. The Labute approximate surface area is 42.2 Å². The predicted molar refractivity (Wildman–Crippen MR) is 28.3 cm³/mol. The van der Waals surface area contributed by atoms with E-state index in [9.17, 15) is 0 Å². The maximum atomic E-state index is 4.88. The van der Waals surface area contributed by atoms with Crippen LogP contribution in [-0.2, 0) is 0 Å². The lowest BCUT2D eigenvalue weighted by molar-refractivity contribution is 0.946. The van der Waals surface area contributed by atoms with Crippen molar-refractivity contribution in [3.8, 4) is 0 Å². The zero-order valence-corrected chi connectivity index (χ0v) is 4.20. The number of rotatable bonds is 2. The molecule has 0 bridgehead atoms. The van der Waals surface area contributed by atoms with Gasteiger partial charge in [-0.3, -0.25) is 4.99 Å². The summed E-state index contributed by atoms with van der Waals surface area (Å²) in [5.41, 5.74) is 4.88. The first-order valence-electron chi connectivity index (χ1n) is 1.87. The zero-order valence-electron chi connectivity index (χ0n) is 4.20. The van der Waals surface area contributed by atoms with Crippen LogP contribution in [0.4, 0.5) is 0 Å². The monoisotopic (exact) mass is 100 g/mol. The van der Waals surface area contributed by atoms with E-state index in [2.05, 4.69) is 15.2 Å². The van der Waals surface area contributed by atoms with Crippen LogP contribution in [0.5, 0.6) is 0 Å². The van der Waals surface area contributed by atoms with Gasteiger partial charge in [-0.2, -0.15) is 10.2 Å². The summed E-state index contributed by atoms with van der Waals surface area (Å²) in [6.07, 6.45) is 1.20. The second-order valence-corrected chi connectivity index (χ2v) is 0.814. The lowest BCUT2D eigenvalue weighted by Crippen LogP contribution is -1.88. The van der Waals surface area contributed by atoms with Crippen molar-refractivity contribution < 1.29 is 0 Å². The highest BCUT2D eigenvalue weighted by Crippen LogP contribution is 1.68. The molecule has 0 unspecified atom stereocenters. The number of nitrogens with two attached hydrogens (primary N) is 1. The van der Waals surface area contributed by atoms with Crippen molar-refractivity contribution >= 4 is 6.34 Å². The number of aliphatic imine (C=N–C) groups is 1. The molecule has 0 aromatic rings. The molecule has 0 spiro atoms. The van der Waals surface area contributed by atoms with Gasteiger partial charge in [-0.1, -0.05) is 0 Å². The van der Waals surface area contributed by atoms with Crippen LogP contribution in [0.1, 0.15) is 0 Å². The Hall–Kier alpha value is -0.930. The summed E-state index contributed by atoms with van der Waals surface area (Å²) in [7, 11) is 1.59. The van der Waals surface area contributed by atoms with E-state index < -0.39 is 0 Å². The lowest BCUT2D eigenvalue weighted by atomic mass is 11.1. The summed E-state index contributed by atoms with van der Waals surface area (Å²) in [6, 6.07) is 0. The average molecular weight is 100 g/mol. The molecule has 7 heavy (non-hydrogen) atoms. The Balaban J connectivity index is 2.98. The summed E-state index contributed by atoms with van der Waals surface area (Å²) >= 11 is 0. The zero-order chi connectivity index (χ0) is 5.54. The van der Waals surface area contributed by atoms with Gasteiger partial charge in [-0.15, -0.1) is 0 Å². The van der Waals surface area contributed by atoms with Crippen molar-refractivity contribution in [3.05, 3.63) is 0 Å². The van der Waals surface area contributed by atoms with Gasteiger partial charge < -0.3 is 5.73 Å². The van der Waals surface area contributed by atoms with Crippen molar-refractivity contribution in [1.82, 2.24) is 0 Å². The van der Waals surface area contributed by atoms with E-state index >= 15 is 0 Å². The maximum Gasteiger partial charge on any atom is 0.151 e. The van der Waals surface area contributed by atoms with Gasteiger partial charge in [0.05, 0.1) is 6.34 Å². The van der Waals surface area contributed by atoms with E-state index in [0.29, 0.717) is 6.67 Å². The quantitative estimate of drug-likeness (QED) is 0.296. The third-order valence-electron chi connectivity index (χ3n) is 0.392. The molecule has 0 aliphatic rings. The molecule has 4 heteroatoms. The third kappa shape index (κ3) is 5.07. The highest BCUT2D eigenvalue weighted by molar-refractivity contribution is 5.50. The second-order valence-electron chi connectivity index (χ2n) is 0.814. The fourth-order valence-corrected chi connectivity index (χ4v) is 0.147. The molecular formula is C3H8N4. The molecular weight excluding hydrogens is 92.1 g/mol. The summed E-state index contributed by atoms with van der Waals surface area (Å²) < 4.78 is 0. The SMILES string of the molecule is CN=NC/N=C\N. The molecule has 0 saturated carbocycles. The van der Waals surface area contributed by atoms with Crippen LogP contribution >= 0.6 is 0 Å². The molecule has 0 saturated heterocycles. The first kappa shape index (κ1) is 6.07. The molecule has 0 aliphatic heterocycles. The number of nitrogens with zero attached hydrogens (tertiary/aromatic N) is 3. The van der Waals surface area contributed by atoms with Crippen LogP contribution in [0.15, 0.2) is 15.2 Å². The van der Waals surface area contributed by atoms with E-state index in [4.69, 9.17) is 5.73 Å². The van der Waals surface area contributed by atoms with Crippen LogP contribution in [0, 0.1) is 0 Å². The Bertz CT molecular complexity index is 65.0. The smallest absolute Gasteiger partial charge is 0.151 e. The first-order chi connectivity index (χ1) is 3.41. The van der Waals surface area contributed by atoms with Crippen LogP contribution in [0.3, 0.4) is 0 Å². The Morgan fingerprint density at radius 1 is 1.71 bits per heavy atom. The third-order valence-corrected chi connectivity index (χ3v) is 0.392. The van der Waals surface area contributed by atoms with Gasteiger partial charge in [0.15, 0.2) is 6.67 Å². The highest BCUT2D eigenvalue weighted by Gasteiger charge is 1.62. The van der Waals surface area contributed by atoms with Gasteiger partial charge in [0.1, 0.15) is 0 Å². The standard InChI is InChI=1S/C3H8N4/c1-5-7-3-6-2-4/h2H,3H2,1H3,(H2,4,6). The fourth-order valence-electron chi connectivity index (χ4n) is 0.147. The van der Waals surface area contributed by atoms with Crippen molar-refractivity contribution in [2.75, 3.05) is 13.7 Å². The molecule has 0 heterocycles. The second kappa shape index (κ2) is 5.07. The first-order valence-corrected chi connectivity index (χ1v) is 1.87. The van der Waals surface area contributed by atoms with Gasteiger partial charge in [0.2, 0.25) is 0 Å². The maximum absolute atomic E-state index is 4.88. The van der Waals surface area contributed by atoms with Gasteiger partial charge >= 0.3 is 0 Å². The molecule has 2 N–H and O–H groups in total. The molecule has 0 aromatic carbocycles. The van der Waals surface area contributed by atoms with Gasteiger partial charge in [0, 0.05) is 7.05 Å². The normalized spacial score (nSPS) is 11.6. The lowest BCUT2D eigenvalue weighted by Gasteiger charge is -1.75. The number of hydrogen-bond donors (Lipinski definition) is 1. The van der Waals surface area contributed by atoms with Gasteiger partial charge in [0.25, 0.3) is 0 Å². The molecule has 0 atom stereocenters. The summed E-state index contributed by atoms with van der Waals surface area (Å²) in [5, 5.41) is 6.94. The Kier molecular flexibility index (Phi) is 4.40. The van der Waals surface area contributed by atoms with E-state index in [1.807, 2.05) is 0 Å². The summed E-state index contributed by atoms with van der Waals surface area (Å²) in [5.74, 6) is 0. The molecule has 4 nitrogen and oxygen atoms in total. The van der Waals surface area contributed by atoms with Crippen LogP contribution < -0.4 is 5.73 Å². The summed E-state index contributed by atoms with van der Waals surface area (Å²) in [6.45, 7) is 0.340. The van der Waals surface area contributed by atoms with Gasteiger partial charge in [-0.05, 0) is 0 Å². The van der Waals surface area contributed by atoms with Crippen molar-refractivity contribution in [3.63, 3.8) is 0 Å². The van der Waals surface area contributed by atoms with Crippen molar-refractivity contribution in [2.24, 2.45) is 21.0 Å². The van der Waals surface area contributed by atoms with E-state index in [1.165, 1.54) is 6.34 Å². The van der Waals surface area contributed by atoms with Crippen LogP contribution in [0.25, 0.3) is 0 Å². The molecule has 0 aromatic heterocycles. The molecule has 0 rings (SSSR count). The van der Waals surface area contributed by atoms with Crippen molar-refractivity contribution in [1.29, 1.82) is 0 Å². The Morgan fingerprint density at radius 2 is 2.43 bits per heavy atom. The summed E-state index contributed by atoms with van der Waals surface area (Å²) in [4.78, 5) is 3.55. The van der Waals surface area contributed by atoms with Gasteiger partial charge in [-0.25, -0.2) is 0 Å². The topological polar surface area (TPSA) is 63.1 Å². The van der Waals surface area contributed by atoms with Crippen LogP contribution in [-0.4, -0.2) is 20.1 Å². The molecule has 0 radical (unpaired) electrons. The minimum absolute atomic E-state index is 0.340. The molecule has 40 valence electrons. The molecule has 0 fully saturated rings. The minimum atomic E-state index is 0.340. The highest BCUT2D eigenvalue weighted by atomic mass is 15.1. The molecule has 0 amide bonds. The largest absolute Gasteiger partial charge is 0.390 e. The van der Waals surface area contributed by atoms with E-state index in [0.717, 1.165) is 0 Å². The van der Waals surface area contributed by atoms with E-state index in [-0.39, 0.29) is 0 Å². The average Bonchev–Trinajstić information content (AvgIpc) is 1.69. The molecule has 0 aliphatic carbocycles. The number of azo groups is 1. The fraction of sp³-hybridized carbons (Fsp3) is 0.667. The van der Waals surface area contributed by atoms with E-state index in [1.54, 1.807) is 7.05 Å². The Morgan fingerprint density at radius 3 is 2.86 bits per heavy atom. The minimum Gasteiger partial charge on any atom is -0.390 e. The van der Waals surface area contributed by atoms with Crippen molar-refractivity contribution in [2.45, 2.75) is 0 Å². The predicted octanol–water partition coefficient (Wildman–Crippen LogP) is 0.0129.